The lowest BCUT2D eigenvalue weighted by Gasteiger charge is -2.39. The Hall–Kier alpha value is -12.0. The second-order valence-corrected chi connectivity index (χ2v) is 18.9. The van der Waals surface area contributed by atoms with E-state index in [1.54, 1.807) is 122 Å². The highest BCUT2D eigenvalue weighted by atomic mass is 16.6. The number of aliphatic hydroxyl groups excluding tert-OH is 1. The zero-order valence-electron chi connectivity index (χ0n) is 47.2. The van der Waals surface area contributed by atoms with Crippen LogP contribution in [0.15, 0.2) is 227 Å². The molecule has 0 spiro atoms. The first-order valence-corrected chi connectivity index (χ1v) is 26.0. The molecule has 2 aromatic carbocycles. The van der Waals surface area contributed by atoms with Gasteiger partial charge in [0.1, 0.15) is 68.8 Å². The predicted octanol–water partition coefficient (Wildman–Crippen LogP) is 12.4. The number of furan rings is 5. The number of hydrogen-bond donors (Lipinski definition) is 3. The van der Waals surface area contributed by atoms with Crippen molar-refractivity contribution in [3.8, 4) is 11.5 Å². The summed E-state index contributed by atoms with van der Waals surface area (Å²) in [5, 5.41) is 25.2. The third kappa shape index (κ3) is 21.3. The number of fused-ring (bicyclic) bond motifs is 4. The van der Waals surface area contributed by atoms with Crippen molar-refractivity contribution in [3.05, 3.63) is 242 Å². The van der Waals surface area contributed by atoms with Crippen LogP contribution in [0.1, 0.15) is 67.6 Å². The number of hydrogen-bond acceptors (Lipinski definition) is 20. The van der Waals surface area contributed by atoms with Crippen molar-refractivity contribution in [1.29, 1.82) is 0 Å². The minimum Gasteiger partial charge on any atom is -0.485 e. The number of aliphatic carboxylic acids is 1. The fraction of sp³-hybridized carbons (Fsp3) is 0.159. The molecular formula is C63H54N6O19. The molecule has 3 N–H and O–H groups in total. The van der Waals surface area contributed by atoms with Crippen LogP contribution >= 0.6 is 0 Å². The van der Waals surface area contributed by atoms with Gasteiger partial charge in [-0.3, -0.25) is 10.1 Å². The van der Waals surface area contributed by atoms with Crippen LogP contribution in [0.5, 0.6) is 11.5 Å². The van der Waals surface area contributed by atoms with E-state index in [2.05, 4.69) is 25.3 Å². The highest BCUT2D eigenvalue weighted by Gasteiger charge is 2.40. The molecule has 0 unspecified atom stereocenters. The Labute approximate surface area is 498 Å². The molecule has 2 aliphatic rings. The minimum atomic E-state index is -0.976. The van der Waals surface area contributed by atoms with Crippen LogP contribution in [0.3, 0.4) is 0 Å². The first-order chi connectivity index (χ1) is 42.3. The van der Waals surface area contributed by atoms with Gasteiger partial charge in [-0.05, 0) is 171 Å². The Kier molecular flexibility index (Phi) is 24.2. The lowest BCUT2D eigenvalue weighted by Crippen LogP contribution is -2.49. The molecular weight excluding hydrogens is 1140 g/mol. The van der Waals surface area contributed by atoms with Gasteiger partial charge in [0, 0.05) is 77.5 Å². The first-order valence-electron chi connectivity index (χ1n) is 26.0. The van der Waals surface area contributed by atoms with Gasteiger partial charge >= 0.3 is 23.3 Å². The van der Waals surface area contributed by atoms with Crippen molar-refractivity contribution in [1.82, 2.24) is 5.32 Å². The number of rotatable bonds is 11. The number of aliphatic imine (C=N–C) groups is 2. The summed E-state index contributed by atoms with van der Waals surface area (Å²) < 4.78 is 52.4. The summed E-state index contributed by atoms with van der Waals surface area (Å²) in [6.07, 6.45) is 23.6. The third-order valence-electron chi connectivity index (χ3n) is 11.8. The van der Waals surface area contributed by atoms with E-state index < -0.39 is 47.0 Å². The van der Waals surface area contributed by atoms with Crippen LogP contribution < -0.4 is 26.0 Å². The molecule has 9 aromatic rings. The number of ether oxygens (including phenoxy) is 3. The molecule has 0 radical (unpaired) electrons. The summed E-state index contributed by atoms with van der Waals surface area (Å²) >= 11 is 0. The van der Waals surface area contributed by atoms with Crippen LogP contribution in [0.2, 0.25) is 0 Å². The van der Waals surface area contributed by atoms with Crippen molar-refractivity contribution >= 4 is 82.4 Å². The van der Waals surface area contributed by atoms with Crippen molar-refractivity contribution in [3.63, 3.8) is 0 Å². The van der Waals surface area contributed by atoms with Gasteiger partial charge in [0.05, 0.1) is 37.4 Å². The van der Waals surface area contributed by atoms with Crippen molar-refractivity contribution < 1.29 is 79.3 Å². The van der Waals surface area contributed by atoms with Crippen LogP contribution in [-0.4, -0.2) is 63.8 Å². The molecule has 0 aliphatic carbocycles. The second kappa shape index (κ2) is 32.7. The Morgan fingerprint density at radius 2 is 1.05 bits per heavy atom. The average molecular weight is 1200 g/mol. The van der Waals surface area contributed by atoms with Crippen LogP contribution in [-0.2, 0) is 36.8 Å². The summed E-state index contributed by atoms with van der Waals surface area (Å²) in [6, 6.07) is 30.7. The minimum absolute atomic E-state index is 0.377. The fourth-order valence-electron chi connectivity index (χ4n) is 7.53. The Morgan fingerprint density at radius 1 is 0.614 bits per heavy atom. The predicted molar refractivity (Wildman–Crippen MR) is 318 cm³/mol. The van der Waals surface area contributed by atoms with Crippen molar-refractivity contribution in [2.45, 2.75) is 63.9 Å². The number of carboxylic acid groups (broad SMARTS) is 1. The fourth-order valence-corrected chi connectivity index (χ4v) is 7.53. The van der Waals surface area contributed by atoms with Crippen molar-refractivity contribution in [2.75, 3.05) is 0 Å². The topological polar surface area (TPSA) is 365 Å². The molecule has 0 saturated heterocycles. The van der Waals surface area contributed by atoms with Gasteiger partial charge in [-0.2, -0.15) is 9.98 Å². The van der Waals surface area contributed by atoms with Crippen molar-refractivity contribution in [2.24, 2.45) is 15.1 Å². The Balaban J connectivity index is 0.000000179. The average Bonchev–Trinajstić information content (AvgIpc) is 1.75. The maximum Gasteiger partial charge on any atom is 0.411 e. The zero-order valence-corrected chi connectivity index (χ0v) is 47.2. The quantitative estimate of drug-likeness (QED) is 0.0206. The van der Waals surface area contributed by atoms with Gasteiger partial charge in [0.15, 0.2) is 0 Å². The molecule has 0 bridgehead atoms. The molecule has 7 aromatic heterocycles. The second-order valence-electron chi connectivity index (χ2n) is 18.9. The summed E-state index contributed by atoms with van der Waals surface area (Å²) in [5.74, 6) is 2.70. The molecule has 11 rings (SSSR count). The number of carbonyl (C=O) groups excluding carboxylic acids is 4. The standard InChI is InChI=1S/C21H19NO6.C14H14O4.C7H5N3O2.2C7H5NO2.C7H6O3/c1-21(2)18(27-20(24)22-8-7-15-4-3-9-25-15)11-14-10-13-5-6-19(23)26-16(13)12-17(14)28-21;1-14(2)12(15)6-9-5-8-3-4-13(16)17-10(8)7-11(9)18-14;8-10-9-7(11)4-3-6-2-1-5-12-6;2*9-6-8-4-3-7-2-1-5-10-7;8-7(9)4-3-6-2-1-5-10-6/h3-10,12,18H,11H2,1-2H3,(H,22,24);3-5,7,12,15H,6H2,1-2H3;1-5H;2*1-5H;1-5H,(H,8,9)/b8-7+;;4*4-3+/t18-;12-;;;;/m00..../s1. The van der Waals surface area contributed by atoms with Gasteiger partial charge in [-0.25, -0.2) is 28.8 Å². The monoisotopic (exact) mass is 1200 g/mol. The maximum atomic E-state index is 12.2. The summed E-state index contributed by atoms with van der Waals surface area (Å²) in [4.78, 5) is 83.2. The van der Waals surface area contributed by atoms with E-state index in [4.69, 9.17) is 55.8 Å². The number of alkyl carbamates (subject to hydrolysis) is 1. The number of nitrogens with one attached hydrogen (secondary N) is 1. The number of amides is 2. The molecule has 25 nitrogen and oxygen atoms in total. The van der Waals surface area contributed by atoms with Gasteiger partial charge in [-0.1, -0.05) is 0 Å². The maximum absolute atomic E-state index is 12.2. The first kappa shape index (κ1) is 65.2. The van der Waals surface area contributed by atoms with E-state index in [9.17, 15) is 38.7 Å². The van der Waals surface area contributed by atoms with E-state index in [1.165, 1.54) is 67.6 Å². The highest BCUT2D eigenvalue weighted by molar-refractivity contribution is 5.92. The van der Waals surface area contributed by atoms with Crippen LogP contribution in [0.25, 0.3) is 62.8 Å². The lowest BCUT2D eigenvalue weighted by molar-refractivity contribution is -0.131. The van der Waals surface area contributed by atoms with E-state index in [0.717, 1.165) is 34.1 Å². The van der Waals surface area contributed by atoms with E-state index >= 15 is 0 Å². The number of benzene rings is 2. The number of nitrogens with zero attached hydrogens (tertiary/aromatic N) is 5. The van der Waals surface area contributed by atoms with Gasteiger partial charge in [-0.15, -0.1) is 0 Å². The van der Waals surface area contributed by atoms with Crippen LogP contribution in [0, 0.1) is 0 Å². The van der Waals surface area contributed by atoms with Gasteiger partial charge < -0.3 is 55.3 Å². The summed E-state index contributed by atoms with van der Waals surface area (Å²) in [6.45, 7) is 7.37. The Bertz CT molecular complexity index is 4030. The highest BCUT2D eigenvalue weighted by Crippen LogP contribution is 2.38. The number of azide groups is 1. The third-order valence-corrected chi connectivity index (χ3v) is 11.8. The van der Waals surface area contributed by atoms with Gasteiger partial charge in [0.25, 0.3) is 0 Å². The van der Waals surface area contributed by atoms with E-state index in [-0.39, 0.29) is 5.63 Å². The number of carbonyl (C=O) groups is 3. The Morgan fingerprint density at radius 3 is 1.48 bits per heavy atom. The van der Waals surface area contributed by atoms with E-state index in [0.29, 0.717) is 64.3 Å². The molecule has 2 aliphatic heterocycles. The smallest absolute Gasteiger partial charge is 0.411 e. The molecule has 2 atom stereocenters. The number of isocyanates is 2. The lowest BCUT2D eigenvalue weighted by atomic mass is 9.90. The summed E-state index contributed by atoms with van der Waals surface area (Å²) in [5.41, 5.74) is 8.48. The molecule has 450 valence electrons. The molecule has 88 heavy (non-hydrogen) atoms. The normalized spacial score (nSPS) is 14.7. The van der Waals surface area contributed by atoms with Gasteiger partial charge in [0.2, 0.25) is 18.1 Å². The summed E-state index contributed by atoms with van der Waals surface area (Å²) in [7, 11) is 0. The zero-order chi connectivity index (χ0) is 63.3. The largest absolute Gasteiger partial charge is 0.485 e. The molecule has 0 fully saturated rings. The van der Waals surface area contributed by atoms with E-state index in [1.807, 2.05) is 39.8 Å². The molecule has 25 heteroatoms. The SMILES string of the molecule is CC1(C)Oc2cc3oc(=O)ccc3cc2C[C@@H]1O.CC1(C)Oc2cc3oc(=O)ccc3cc2C[C@@H]1OC(=O)N/C=C/c1ccco1.O=C(O)/C=C/c1ccco1.O=C=N/C=C/c1ccco1.O=C=N/C=C/c1ccco1.[N-]=[N+]=NC(=O)/C=C/c1ccco1. The number of carboxylic acids is 1. The molecule has 9 heterocycles. The number of aliphatic hydroxyl groups is 1. The van der Waals surface area contributed by atoms with Crippen LogP contribution in [0.4, 0.5) is 4.79 Å². The molecule has 2 amide bonds. The molecule has 0 saturated carbocycles.